The molecule has 0 aliphatic heterocycles. The standard InChI is InChI=1S/C17H22N2O2/c1-13(2)14-5-7-15(8-6-14)19-17(20)9-10-18-12-16-4-3-11-21-16/h3-8,11,13,18H,9-10,12H2,1-2H3,(H,19,20). The average molecular weight is 286 g/mol. The van der Waals surface area contributed by atoms with Crippen LogP contribution in [0.25, 0.3) is 0 Å². The van der Waals surface area contributed by atoms with Crippen LogP contribution in [0, 0.1) is 0 Å². The van der Waals surface area contributed by atoms with E-state index in [4.69, 9.17) is 4.42 Å². The van der Waals surface area contributed by atoms with Gasteiger partial charge in [-0.15, -0.1) is 0 Å². The molecule has 112 valence electrons. The molecule has 1 amide bonds. The van der Waals surface area contributed by atoms with Crippen molar-refractivity contribution in [2.75, 3.05) is 11.9 Å². The highest BCUT2D eigenvalue weighted by Crippen LogP contribution is 2.17. The monoisotopic (exact) mass is 286 g/mol. The summed E-state index contributed by atoms with van der Waals surface area (Å²) in [5, 5.41) is 6.07. The lowest BCUT2D eigenvalue weighted by Crippen LogP contribution is -2.21. The Morgan fingerprint density at radius 1 is 1.19 bits per heavy atom. The van der Waals surface area contributed by atoms with Gasteiger partial charge in [0.2, 0.25) is 5.91 Å². The summed E-state index contributed by atoms with van der Waals surface area (Å²) in [4.78, 5) is 11.8. The Labute approximate surface area is 125 Å². The second-order valence-corrected chi connectivity index (χ2v) is 5.33. The van der Waals surface area contributed by atoms with Crippen LogP contribution in [0.5, 0.6) is 0 Å². The van der Waals surface area contributed by atoms with Gasteiger partial charge < -0.3 is 15.1 Å². The number of amides is 1. The highest BCUT2D eigenvalue weighted by molar-refractivity contribution is 5.90. The van der Waals surface area contributed by atoms with Crippen LogP contribution in [-0.4, -0.2) is 12.5 Å². The Kier molecular flexibility index (Phi) is 5.58. The van der Waals surface area contributed by atoms with Gasteiger partial charge in [-0.25, -0.2) is 0 Å². The van der Waals surface area contributed by atoms with Gasteiger partial charge in [-0.3, -0.25) is 4.79 Å². The molecule has 21 heavy (non-hydrogen) atoms. The molecule has 0 saturated carbocycles. The Hall–Kier alpha value is -2.07. The smallest absolute Gasteiger partial charge is 0.225 e. The fraction of sp³-hybridized carbons (Fsp3) is 0.353. The Balaban J connectivity index is 1.69. The zero-order valence-electron chi connectivity index (χ0n) is 12.6. The van der Waals surface area contributed by atoms with Crippen molar-refractivity contribution in [3.63, 3.8) is 0 Å². The fourth-order valence-corrected chi connectivity index (χ4v) is 2.00. The normalized spacial score (nSPS) is 10.8. The molecule has 4 nitrogen and oxygen atoms in total. The summed E-state index contributed by atoms with van der Waals surface area (Å²) in [6.07, 6.45) is 2.08. The summed E-state index contributed by atoms with van der Waals surface area (Å²) in [6.45, 7) is 5.57. The van der Waals surface area contributed by atoms with Crippen molar-refractivity contribution in [3.8, 4) is 0 Å². The molecule has 0 fully saturated rings. The maximum atomic E-state index is 11.8. The van der Waals surface area contributed by atoms with Gasteiger partial charge in [0.15, 0.2) is 0 Å². The molecule has 4 heteroatoms. The van der Waals surface area contributed by atoms with Gasteiger partial charge >= 0.3 is 0 Å². The Morgan fingerprint density at radius 2 is 1.95 bits per heavy atom. The number of carbonyl (C=O) groups excluding carboxylic acids is 1. The molecule has 0 unspecified atom stereocenters. The van der Waals surface area contributed by atoms with E-state index in [1.165, 1.54) is 5.56 Å². The quantitative estimate of drug-likeness (QED) is 0.766. The maximum absolute atomic E-state index is 11.8. The van der Waals surface area contributed by atoms with Crippen molar-refractivity contribution in [1.29, 1.82) is 0 Å². The number of furan rings is 1. The van der Waals surface area contributed by atoms with E-state index in [9.17, 15) is 4.79 Å². The zero-order chi connectivity index (χ0) is 15.1. The summed E-state index contributed by atoms with van der Waals surface area (Å²) in [7, 11) is 0. The Bertz CT molecular complexity index is 545. The van der Waals surface area contributed by atoms with Crippen LogP contribution < -0.4 is 10.6 Å². The van der Waals surface area contributed by atoms with Gasteiger partial charge in [0.25, 0.3) is 0 Å². The molecule has 0 radical (unpaired) electrons. The molecule has 0 aliphatic carbocycles. The number of rotatable bonds is 7. The van der Waals surface area contributed by atoms with E-state index in [-0.39, 0.29) is 5.91 Å². The third-order valence-corrected chi connectivity index (χ3v) is 3.27. The van der Waals surface area contributed by atoms with E-state index in [1.807, 2.05) is 24.3 Å². The minimum Gasteiger partial charge on any atom is -0.468 e. The molecule has 0 bridgehead atoms. The summed E-state index contributed by atoms with van der Waals surface area (Å²) in [5.74, 6) is 1.39. The molecule has 0 spiro atoms. The summed E-state index contributed by atoms with van der Waals surface area (Å²) in [5.41, 5.74) is 2.11. The number of anilines is 1. The van der Waals surface area contributed by atoms with Gasteiger partial charge in [0.1, 0.15) is 5.76 Å². The van der Waals surface area contributed by atoms with Gasteiger partial charge in [0, 0.05) is 18.7 Å². The van der Waals surface area contributed by atoms with Gasteiger partial charge in [0.05, 0.1) is 12.8 Å². The molecule has 2 rings (SSSR count). The molecule has 1 aromatic carbocycles. The highest BCUT2D eigenvalue weighted by atomic mass is 16.3. The lowest BCUT2D eigenvalue weighted by molar-refractivity contribution is -0.116. The first-order valence-corrected chi connectivity index (χ1v) is 7.28. The second kappa shape index (κ2) is 7.64. The number of nitrogens with one attached hydrogen (secondary N) is 2. The van der Waals surface area contributed by atoms with Crippen LogP contribution in [-0.2, 0) is 11.3 Å². The van der Waals surface area contributed by atoms with E-state index in [2.05, 4.69) is 36.6 Å². The average Bonchev–Trinajstić information content (AvgIpc) is 2.97. The summed E-state index contributed by atoms with van der Waals surface area (Å²) >= 11 is 0. The first kappa shape index (κ1) is 15.3. The second-order valence-electron chi connectivity index (χ2n) is 5.33. The van der Waals surface area contributed by atoms with Crippen molar-refractivity contribution in [1.82, 2.24) is 5.32 Å². The minimum atomic E-state index is 0.0132. The van der Waals surface area contributed by atoms with Gasteiger partial charge in [-0.05, 0) is 35.7 Å². The number of hydrogen-bond acceptors (Lipinski definition) is 3. The third kappa shape index (κ3) is 5.08. The molecule has 2 N–H and O–H groups in total. The van der Waals surface area contributed by atoms with E-state index in [0.29, 0.717) is 25.4 Å². The number of benzene rings is 1. The van der Waals surface area contributed by atoms with E-state index >= 15 is 0 Å². The topological polar surface area (TPSA) is 54.3 Å². The van der Waals surface area contributed by atoms with Gasteiger partial charge in [-0.1, -0.05) is 26.0 Å². The summed E-state index contributed by atoms with van der Waals surface area (Å²) in [6, 6.07) is 11.8. The van der Waals surface area contributed by atoms with Crippen molar-refractivity contribution in [3.05, 3.63) is 54.0 Å². The number of carbonyl (C=O) groups is 1. The first-order valence-electron chi connectivity index (χ1n) is 7.28. The maximum Gasteiger partial charge on any atom is 0.225 e. The highest BCUT2D eigenvalue weighted by Gasteiger charge is 2.04. The first-order chi connectivity index (χ1) is 10.1. The fourth-order valence-electron chi connectivity index (χ4n) is 2.00. The van der Waals surface area contributed by atoms with Crippen molar-refractivity contribution in [2.24, 2.45) is 0 Å². The molecule has 1 heterocycles. The molecular weight excluding hydrogens is 264 g/mol. The predicted molar refractivity (Wildman–Crippen MR) is 84.2 cm³/mol. The lowest BCUT2D eigenvalue weighted by Gasteiger charge is -2.08. The van der Waals surface area contributed by atoms with Crippen LogP contribution in [0.1, 0.15) is 37.5 Å². The van der Waals surface area contributed by atoms with E-state index in [1.54, 1.807) is 6.26 Å². The lowest BCUT2D eigenvalue weighted by atomic mass is 10.0. The largest absolute Gasteiger partial charge is 0.468 e. The van der Waals surface area contributed by atoms with E-state index < -0.39 is 0 Å². The van der Waals surface area contributed by atoms with Crippen molar-refractivity contribution < 1.29 is 9.21 Å². The molecule has 2 aromatic rings. The van der Waals surface area contributed by atoms with E-state index in [0.717, 1.165) is 11.4 Å². The molecular formula is C17H22N2O2. The number of hydrogen-bond donors (Lipinski definition) is 2. The predicted octanol–water partition coefficient (Wildman–Crippen LogP) is 3.52. The molecule has 0 aliphatic rings. The van der Waals surface area contributed by atoms with Crippen LogP contribution in [0.4, 0.5) is 5.69 Å². The van der Waals surface area contributed by atoms with Crippen LogP contribution in [0.2, 0.25) is 0 Å². The molecule has 0 atom stereocenters. The molecule has 0 saturated heterocycles. The Morgan fingerprint density at radius 3 is 2.57 bits per heavy atom. The minimum absolute atomic E-state index is 0.0132. The van der Waals surface area contributed by atoms with Crippen LogP contribution in [0.15, 0.2) is 47.1 Å². The van der Waals surface area contributed by atoms with Crippen molar-refractivity contribution in [2.45, 2.75) is 32.7 Å². The van der Waals surface area contributed by atoms with Crippen LogP contribution in [0.3, 0.4) is 0 Å². The van der Waals surface area contributed by atoms with Crippen LogP contribution >= 0.6 is 0 Å². The summed E-state index contributed by atoms with van der Waals surface area (Å²) < 4.78 is 5.20. The molecule has 1 aromatic heterocycles. The SMILES string of the molecule is CC(C)c1ccc(NC(=O)CCNCc2ccco2)cc1. The van der Waals surface area contributed by atoms with Gasteiger partial charge in [-0.2, -0.15) is 0 Å². The third-order valence-electron chi connectivity index (χ3n) is 3.27. The van der Waals surface area contributed by atoms with Crippen molar-refractivity contribution >= 4 is 11.6 Å². The zero-order valence-corrected chi connectivity index (χ0v) is 12.6.